The molecular weight excluding hydrogens is 1860 g/mol. The van der Waals surface area contributed by atoms with Gasteiger partial charge in [-0.15, -0.1) is 0 Å². The number of carbonyl (C=O) groups is 1. The molecule has 0 aliphatic heterocycles. The van der Waals surface area contributed by atoms with Crippen molar-refractivity contribution in [2.24, 2.45) is 0 Å². The molecule has 752 valence electrons. The Morgan fingerprint density at radius 2 is 0.326 bits per heavy atom. The molecule has 0 radical (unpaired) electrons. The van der Waals surface area contributed by atoms with Gasteiger partial charge < -0.3 is 85.2 Å². The zero-order chi connectivity index (χ0) is 103. The van der Waals surface area contributed by atoms with Gasteiger partial charge in [0.25, 0.3) is 45.5 Å². The van der Waals surface area contributed by atoms with Crippen molar-refractivity contribution in [1.82, 2.24) is 0 Å². The van der Waals surface area contributed by atoms with Gasteiger partial charge in [-0.05, 0) is 112 Å². The first-order valence-corrected chi connectivity index (χ1v) is 46.7. The van der Waals surface area contributed by atoms with Crippen molar-refractivity contribution in [3.05, 3.63) is 368 Å². The monoisotopic (exact) mass is 1970 g/mol. The Hall–Kier alpha value is -17.7. The zero-order valence-corrected chi connectivity index (χ0v) is 79.8. The fraction of sp³-hybridized carbons (Fsp3) is 0.291. The number of ketones is 1. The first-order valence-electron chi connectivity index (χ1n) is 46.7. The number of para-hydroxylation sites is 16. The number of benzene rings is 12. The number of rotatable bonds is 52. The quantitative estimate of drug-likeness (QED) is 0.00997. The van der Waals surface area contributed by atoms with Gasteiger partial charge in [0.1, 0.15) is 150 Å². The molecule has 144 heavy (non-hydrogen) atoms. The summed E-state index contributed by atoms with van der Waals surface area (Å²) in [6, 6.07) is 63.8. The number of nitro groups is 8. The second-order valence-electron chi connectivity index (χ2n) is 32.9. The number of hydrogen-bond acceptors (Lipinski definition) is 33. The molecule has 1 aliphatic rings. The Labute approximate surface area is 827 Å². The van der Waals surface area contributed by atoms with E-state index in [4.69, 9.17) is 37.9 Å². The van der Waals surface area contributed by atoms with E-state index >= 15 is 0 Å². The lowest BCUT2D eigenvalue weighted by atomic mass is 9.77. The largest absolute Gasteiger partial charge is 0.491 e. The number of hydrogen-bond donors (Lipinski definition) is 8. The van der Waals surface area contributed by atoms with Gasteiger partial charge in [0.15, 0.2) is 0 Å². The van der Waals surface area contributed by atoms with Crippen LogP contribution in [0.3, 0.4) is 0 Å². The van der Waals surface area contributed by atoms with E-state index in [1.807, 2.05) is 52.0 Å². The number of nitrogens with one attached hydrogen (secondary N) is 8. The fourth-order valence-electron chi connectivity index (χ4n) is 17.0. The average molecular weight is 1970 g/mol. The normalized spacial score (nSPS) is 13.3. The van der Waals surface area contributed by atoms with Gasteiger partial charge in [0, 0.05) is 193 Å². The predicted molar refractivity (Wildman–Crippen MR) is 547 cm³/mol. The van der Waals surface area contributed by atoms with Crippen LogP contribution in [0.4, 0.5) is 91.0 Å². The van der Waals surface area contributed by atoms with Crippen molar-refractivity contribution in [3.8, 4) is 46.0 Å². The molecule has 0 amide bonds. The molecule has 8 N–H and O–H groups in total. The van der Waals surface area contributed by atoms with Crippen molar-refractivity contribution in [3.63, 3.8) is 0 Å². The van der Waals surface area contributed by atoms with Gasteiger partial charge in [-0.25, -0.2) is 0 Å². The Morgan fingerprint density at radius 1 is 0.215 bits per heavy atom. The maximum atomic E-state index is 12.5. The second-order valence-corrected chi connectivity index (χ2v) is 32.9. The predicted octanol–water partition coefficient (Wildman–Crippen LogP) is 22.0. The van der Waals surface area contributed by atoms with Crippen LogP contribution in [0.25, 0.3) is 0 Å². The maximum absolute atomic E-state index is 12.5. The fourth-order valence-corrected chi connectivity index (χ4v) is 17.0. The van der Waals surface area contributed by atoms with Crippen molar-refractivity contribution < 1.29 is 82.1 Å². The minimum absolute atomic E-state index is 0.0167. The third-order valence-corrected chi connectivity index (χ3v) is 23.4. The molecule has 0 saturated carbocycles. The number of nitro benzene ring substituents is 8. The number of nitrogens with zero attached hydrogens (tertiary/aromatic N) is 8. The van der Waals surface area contributed by atoms with Crippen LogP contribution in [-0.2, 0) is 4.79 Å². The zero-order valence-electron chi connectivity index (χ0n) is 79.8. The molecule has 12 aromatic rings. The van der Waals surface area contributed by atoms with Gasteiger partial charge in [-0.3, -0.25) is 80.9 Å². The molecule has 0 aromatic heterocycles. The topological polar surface area (TPSA) is 532 Å². The first-order chi connectivity index (χ1) is 69.7. The minimum Gasteiger partial charge on any atom is -0.491 e. The molecule has 0 heterocycles. The summed E-state index contributed by atoms with van der Waals surface area (Å²) in [5, 5.41) is 126. The molecule has 0 saturated heterocycles. The standard InChI is InChI=1S/C100H104N16O24.C3H6O/c1-5-65-69-57-71(95(135-51-43-103-79-27-11-19-35-87(79)111(121)122)61-93(69)133-49-41-101-77-25-9-17-33-85(77)109(117)118)66(6-2)73-59-75(99(139-55-47-107-83-31-15-23-39-91(83)115(129)130)63-97(73)137-53-45-105-81-29-13-21-37-89(81)113(125)126)68(8-4)76-60-74(98(138-54-46-106-82-30-14-22-38-90(82)114(127)128)64-100(76)140-56-48-108-84-32-16-24-40-92(84)116(131)132)67(7-3)72-58-70(65)94(134-50-42-102-78-26-10-18-34-86(78)110(119)120)62-96(72)136-52-44-104-80-28-12-20-36-88(80)112(123)124;1-3(2)4/h9-40,57-68,101-108H,5-8,41-56H2,1-4H3;1-2H3. The van der Waals surface area contributed by atoms with E-state index in [0.29, 0.717) is 44.5 Å². The van der Waals surface area contributed by atoms with E-state index in [1.165, 1.54) is 62.4 Å². The molecule has 0 unspecified atom stereocenters. The lowest BCUT2D eigenvalue weighted by molar-refractivity contribution is -0.384. The van der Waals surface area contributed by atoms with Crippen molar-refractivity contribution >= 4 is 96.8 Å². The molecule has 41 heteroatoms. The number of Topliss-reactive ketones (excluding diaryl/α,β-unsaturated/α-hetero) is 1. The smallest absolute Gasteiger partial charge is 0.292 e. The second kappa shape index (κ2) is 51.8. The summed E-state index contributed by atoms with van der Waals surface area (Å²) in [4.78, 5) is 106. The summed E-state index contributed by atoms with van der Waals surface area (Å²) in [7, 11) is 0. The molecule has 41 nitrogen and oxygen atoms in total. The van der Waals surface area contributed by atoms with Crippen molar-refractivity contribution in [2.45, 2.75) is 90.9 Å². The van der Waals surface area contributed by atoms with Crippen LogP contribution in [0.1, 0.15) is 135 Å². The van der Waals surface area contributed by atoms with Crippen molar-refractivity contribution in [1.29, 1.82) is 0 Å². The third-order valence-electron chi connectivity index (χ3n) is 23.4. The van der Waals surface area contributed by atoms with E-state index in [-0.39, 0.29) is 274 Å². The Bertz CT molecular complexity index is 5450. The minimum atomic E-state index is -0.845. The number of ether oxygens (including phenoxy) is 8. The molecule has 0 spiro atoms. The Balaban J connectivity index is 0.00000453. The molecule has 0 fully saturated rings. The number of anilines is 8. The highest BCUT2D eigenvalue weighted by molar-refractivity contribution is 5.73. The summed E-state index contributed by atoms with van der Waals surface area (Å²) < 4.78 is 57.0. The lowest BCUT2D eigenvalue weighted by Crippen LogP contribution is -2.20. The Morgan fingerprint density at radius 3 is 0.431 bits per heavy atom. The molecule has 13 rings (SSSR count). The van der Waals surface area contributed by atoms with Gasteiger partial charge in [-0.2, -0.15) is 0 Å². The van der Waals surface area contributed by atoms with Crippen LogP contribution in [0, 0.1) is 80.9 Å². The van der Waals surface area contributed by atoms with E-state index < -0.39 is 63.1 Å². The maximum Gasteiger partial charge on any atom is 0.292 e. The number of fused-ring (bicyclic) bond motifs is 8. The molecule has 1 aliphatic carbocycles. The summed E-state index contributed by atoms with van der Waals surface area (Å²) in [5.74, 6) is -1.39. The molecular formula is C103H110N16O25. The van der Waals surface area contributed by atoms with Gasteiger partial charge in [-0.1, -0.05) is 125 Å². The highest BCUT2D eigenvalue weighted by Gasteiger charge is 2.36. The highest BCUT2D eigenvalue weighted by atomic mass is 16.7. The summed E-state index contributed by atoms with van der Waals surface area (Å²) in [5.41, 5.74) is 4.05. The van der Waals surface area contributed by atoms with Gasteiger partial charge >= 0.3 is 0 Å². The van der Waals surface area contributed by atoms with Gasteiger partial charge in [0.05, 0.1) is 39.4 Å². The van der Waals surface area contributed by atoms with E-state index in [1.54, 1.807) is 170 Å². The average Bonchev–Trinajstić information content (AvgIpc) is 0.745. The summed E-state index contributed by atoms with van der Waals surface area (Å²) >= 11 is 0. The Kier molecular flexibility index (Phi) is 37.9. The first kappa shape index (κ1) is 105. The van der Waals surface area contributed by atoms with Crippen LogP contribution in [0.15, 0.2) is 243 Å². The van der Waals surface area contributed by atoms with E-state index in [0.717, 1.165) is 0 Å². The van der Waals surface area contributed by atoms with Crippen LogP contribution in [-0.4, -0.2) is 150 Å². The van der Waals surface area contributed by atoms with E-state index in [9.17, 15) is 85.7 Å². The molecule has 12 aromatic carbocycles. The summed E-state index contributed by atoms with van der Waals surface area (Å²) in [6.45, 7) is 9.48. The third kappa shape index (κ3) is 27.5. The highest BCUT2D eigenvalue weighted by Crippen LogP contribution is 2.54. The lowest BCUT2D eigenvalue weighted by Gasteiger charge is -2.32. The van der Waals surface area contributed by atoms with Crippen LogP contribution in [0.2, 0.25) is 0 Å². The van der Waals surface area contributed by atoms with E-state index in [2.05, 4.69) is 42.5 Å². The summed E-state index contributed by atoms with van der Waals surface area (Å²) in [6.07, 6.45) is 0.918. The SMILES string of the molecule is CC(C)=O.CCC1c2cc(c(OCCNc3ccccc3[N+](=O)[O-])cc2OCCNc2ccccc2[N+](=O)[O-])C(CC)c2cc(c(OCCNc3ccccc3[N+](=O)[O-])cc2OCCNc2ccccc2[N+](=O)[O-])C(CC)c2cc(c(OCCNc3ccccc3[N+](=O)[O-])cc2OCCNc2ccccc2[N+](=O)[O-])C(CC)c2cc1c(OCCNc1ccccc1[N+](=O)[O-])cc2OCCNc1ccccc1[N+](=O)[O-]. The van der Waals surface area contributed by atoms with Crippen LogP contribution < -0.4 is 80.4 Å². The number of carbonyl (C=O) groups excluding carboxylic acids is 1. The van der Waals surface area contributed by atoms with Crippen LogP contribution in [0.5, 0.6) is 46.0 Å². The molecule has 0 atom stereocenters. The van der Waals surface area contributed by atoms with Crippen molar-refractivity contribution in [2.75, 3.05) is 148 Å². The molecule has 8 bridgehead atoms. The van der Waals surface area contributed by atoms with Gasteiger partial charge in [0.2, 0.25) is 0 Å². The van der Waals surface area contributed by atoms with Crippen LogP contribution >= 0.6 is 0 Å².